The standard InChI is InChI=1S/C6H16O3Si.H4SSi/c1-5-6-10(7-2,8-3)9-4;1-2/h5-6H2,1-4H3;1H,2H3. The van der Waals surface area contributed by atoms with Crippen LogP contribution in [0.25, 0.3) is 0 Å². The van der Waals surface area contributed by atoms with Crippen molar-refractivity contribution in [2.24, 2.45) is 0 Å². The molecule has 0 amide bonds. The van der Waals surface area contributed by atoms with E-state index in [-0.39, 0.29) is 0 Å². The molecule has 0 spiro atoms. The molecule has 0 heterocycles. The molecule has 0 aliphatic carbocycles. The van der Waals surface area contributed by atoms with Gasteiger partial charge in [0.1, 0.15) is 0 Å². The molecule has 12 heavy (non-hydrogen) atoms. The summed E-state index contributed by atoms with van der Waals surface area (Å²) in [7, 11) is 3.68. The lowest BCUT2D eigenvalue weighted by Crippen LogP contribution is -2.42. The van der Waals surface area contributed by atoms with Gasteiger partial charge in [-0.3, -0.25) is 0 Å². The monoisotopic (exact) mass is 228 g/mol. The Bertz CT molecular complexity index is 82.6. The van der Waals surface area contributed by atoms with Crippen LogP contribution in [0.15, 0.2) is 0 Å². The van der Waals surface area contributed by atoms with E-state index in [0.717, 1.165) is 21.9 Å². The van der Waals surface area contributed by atoms with Crippen LogP contribution in [0, 0.1) is 0 Å². The van der Waals surface area contributed by atoms with Crippen LogP contribution in [0.1, 0.15) is 13.3 Å². The zero-order valence-electron chi connectivity index (χ0n) is 8.59. The van der Waals surface area contributed by atoms with Crippen LogP contribution in [0.4, 0.5) is 0 Å². The summed E-state index contributed by atoms with van der Waals surface area (Å²) in [6.07, 6.45) is 1.03. The fourth-order valence-corrected chi connectivity index (χ4v) is 2.59. The van der Waals surface area contributed by atoms with Crippen LogP contribution in [-0.2, 0) is 13.3 Å². The molecule has 3 nitrogen and oxygen atoms in total. The molecule has 0 bridgehead atoms. The van der Waals surface area contributed by atoms with Gasteiger partial charge in [0, 0.05) is 27.4 Å². The maximum absolute atomic E-state index is 5.17. The van der Waals surface area contributed by atoms with Gasteiger partial charge in [-0.1, -0.05) is 13.3 Å². The molecule has 0 radical (unpaired) electrons. The van der Waals surface area contributed by atoms with E-state index in [0.29, 0.717) is 0 Å². The Morgan fingerprint density at radius 2 is 1.42 bits per heavy atom. The first-order valence-electron chi connectivity index (χ1n) is 3.84. The summed E-state index contributed by atoms with van der Waals surface area (Å²) in [5.41, 5.74) is 0. The molecule has 0 unspecified atom stereocenters. The van der Waals surface area contributed by atoms with Gasteiger partial charge in [0.15, 0.2) is 0 Å². The molecule has 0 aliphatic heterocycles. The van der Waals surface area contributed by atoms with Crippen molar-refractivity contribution in [1.82, 2.24) is 0 Å². The highest BCUT2D eigenvalue weighted by atomic mass is 32.3. The van der Waals surface area contributed by atoms with Crippen molar-refractivity contribution in [3.05, 3.63) is 0 Å². The quantitative estimate of drug-likeness (QED) is 0.548. The van der Waals surface area contributed by atoms with Crippen molar-refractivity contribution in [2.45, 2.75) is 19.4 Å². The molecule has 0 saturated heterocycles. The molecule has 0 aromatic rings. The average molecular weight is 228 g/mol. The van der Waals surface area contributed by atoms with Crippen LogP contribution < -0.4 is 0 Å². The second-order valence-corrected chi connectivity index (χ2v) is 5.14. The van der Waals surface area contributed by atoms with Crippen LogP contribution in [0.5, 0.6) is 0 Å². The minimum Gasteiger partial charge on any atom is -0.377 e. The van der Waals surface area contributed by atoms with Crippen molar-refractivity contribution >= 4 is 30.3 Å². The van der Waals surface area contributed by atoms with Gasteiger partial charge in [-0.2, -0.15) is 0 Å². The van der Waals surface area contributed by atoms with Gasteiger partial charge in [0.2, 0.25) is 0 Å². The molecule has 0 rings (SSSR count). The average Bonchev–Trinajstić information content (AvgIpc) is 2.18. The van der Waals surface area contributed by atoms with Crippen molar-refractivity contribution in [2.75, 3.05) is 21.3 Å². The minimum atomic E-state index is -2.22. The third kappa shape index (κ3) is 5.33. The van der Waals surface area contributed by atoms with E-state index in [9.17, 15) is 0 Å². The van der Waals surface area contributed by atoms with Gasteiger partial charge in [0.25, 0.3) is 0 Å². The fraction of sp³-hybridized carbons (Fsp3) is 1.00. The molecule has 76 valence electrons. The first-order chi connectivity index (χ1) is 5.74. The smallest absolute Gasteiger partial charge is 0.377 e. The third-order valence-electron chi connectivity index (χ3n) is 1.49. The van der Waals surface area contributed by atoms with Gasteiger partial charge >= 0.3 is 8.80 Å². The highest BCUT2D eigenvalue weighted by Gasteiger charge is 2.36. The van der Waals surface area contributed by atoms with Crippen LogP contribution >= 0.6 is 12.1 Å². The molecule has 0 atom stereocenters. The first-order valence-corrected chi connectivity index (χ1v) is 9.35. The van der Waals surface area contributed by atoms with E-state index in [4.69, 9.17) is 13.3 Å². The minimum absolute atomic E-state index is 0.885. The van der Waals surface area contributed by atoms with Crippen molar-refractivity contribution in [3.8, 4) is 0 Å². The topological polar surface area (TPSA) is 27.7 Å². The zero-order chi connectivity index (χ0) is 10.0. The van der Waals surface area contributed by atoms with Crippen LogP contribution in [0.2, 0.25) is 6.04 Å². The Morgan fingerprint density at radius 3 is 1.50 bits per heavy atom. The Labute approximate surface area is 84.6 Å². The van der Waals surface area contributed by atoms with E-state index in [2.05, 4.69) is 19.0 Å². The molecule has 0 fully saturated rings. The molecular weight excluding hydrogens is 208 g/mol. The Balaban J connectivity index is 0. The lowest BCUT2D eigenvalue weighted by molar-refractivity contribution is 0.123. The van der Waals surface area contributed by atoms with Crippen LogP contribution in [0.3, 0.4) is 0 Å². The van der Waals surface area contributed by atoms with Crippen molar-refractivity contribution in [1.29, 1.82) is 0 Å². The summed E-state index contributed by atoms with van der Waals surface area (Å²) in [4.78, 5) is 0. The number of hydrogen-bond donors (Lipinski definition) is 1. The number of hydrogen-bond acceptors (Lipinski definition) is 4. The van der Waals surface area contributed by atoms with Crippen molar-refractivity contribution < 1.29 is 13.3 Å². The van der Waals surface area contributed by atoms with E-state index >= 15 is 0 Å². The molecule has 0 aromatic carbocycles. The fourth-order valence-electron chi connectivity index (χ4n) is 0.862. The van der Waals surface area contributed by atoms with E-state index in [1.165, 1.54) is 0 Å². The SMILES string of the molecule is CCC[Si](OC)(OC)OC.[SiH3]S. The van der Waals surface area contributed by atoms with Gasteiger partial charge in [-0.25, -0.2) is 12.1 Å². The summed E-state index contributed by atoms with van der Waals surface area (Å²) in [6, 6.07) is 0.885. The van der Waals surface area contributed by atoms with Crippen molar-refractivity contribution in [3.63, 3.8) is 0 Å². The zero-order valence-corrected chi connectivity index (χ0v) is 12.5. The second-order valence-electron chi connectivity index (χ2n) is 2.05. The molecule has 0 N–H and O–H groups in total. The number of thiol groups is 1. The summed E-state index contributed by atoms with van der Waals surface area (Å²) < 4.78 is 15.5. The normalized spacial score (nSPS) is 10.8. The Kier molecular flexibility index (Phi) is 12.3. The summed E-state index contributed by atoms with van der Waals surface area (Å²) >= 11 is 3.67. The maximum atomic E-state index is 5.17. The predicted molar refractivity (Wildman–Crippen MR) is 60.8 cm³/mol. The largest absolute Gasteiger partial charge is 0.500 e. The van der Waals surface area contributed by atoms with Gasteiger partial charge in [-0.05, 0) is 0 Å². The lowest BCUT2D eigenvalue weighted by atomic mass is 10.6. The van der Waals surface area contributed by atoms with E-state index in [1.807, 2.05) is 0 Å². The summed E-state index contributed by atoms with van der Waals surface area (Å²) in [5.74, 6) is 0. The van der Waals surface area contributed by atoms with Gasteiger partial charge in [-0.15, -0.1) is 0 Å². The Morgan fingerprint density at radius 1 is 1.08 bits per heavy atom. The molecule has 0 aliphatic rings. The molecular formula is C6H20O3SSi2. The van der Waals surface area contributed by atoms with Gasteiger partial charge in [0.05, 0.1) is 9.39 Å². The van der Waals surface area contributed by atoms with Gasteiger partial charge < -0.3 is 13.3 Å². The predicted octanol–water partition coefficient (Wildman–Crippen LogP) is 0.471. The molecule has 0 saturated carbocycles. The van der Waals surface area contributed by atoms with Crippen LogP contribution in [-0.4, -0.2) is 39.5 Å². The molecule has 0 aromatic heterocycles. The first kappa shape index (κ1) is 15.2. The summed E-state index contributed by atoms with van der Waals surface area (Å²) in [5, 5.41) is 0. The second kappa shape index (κ2) is 9.75. The van der Waals surface area contributed by atoms with E-state index in [1.54, 1.807) is 21.3 Å². The third-order valence-corrected chi connectivity index (χ3v) is 4.47. The maximum Gasteiger partial charge on any atom is 0.500 e. The lowest BCUT2D eigenvalue weighted by Gasteiger charge is -2.23. The highest BCUT2D eigenvalue weighted by Crippen LogP contribution is 2.13. The summed E-state index contributed by atoms with van der Waals surface area (Å²) in [6.45, 7) is 2.08. The molecule has 6 heteroatoms. The highest BCUT2D eigenvalue weighted by molar-refractivity contribution is 8.03. The Hall–Kier alpha value is 0.664. The van der Waals surface area contributed by atoms with E-state index < -0.39 is 8.80 Å². The number of rotatable bonds is 5.